The highest BCUT2D eigenvalue weighted by molar-refractivity contribution is 7.89. The van der Waals surface area contributed by atoms with Crippen LogP contribution >= 0.6 is 0 Å². The summed E-state index contributed by atoms with van der Waals surface area (Å²) in [6, 6.07) is 8.56. The van der Waals surface area contributed by atoms with E-state index in [0.29, 0.717) is 18.8 Å². The van der Waals surface area contributed by atoms with Crippen LogP contribution in [0.15, 0.2) is 53.9 Å². The van der Waals surface area contributed by atoms with Crippen LogP contribution < -0.4 is 5.32 Å². The van der Waals surface area contributed by atoms with Crippen LogP contribution in [0.1, 0.15) is 15.9 Å². The van der Waals surface area contributed by atoms with E-state index in [0.717, 1.165) is 0 Å². The number of rotatable bonds is 5. The molecule has 1 aliphatic heterocycles. The van der Waals surface area contributed by atoms with Crippen molar-refractivity contribution >= 4 is 21.6 Å². The fraction of sp³-hybridized carbons (Fsp3) is 0.250. The molecule has 0 saturated carbocycles. The van der Waals surface area contributed by atoms with Crippen molar-refractivity contribution < 1.29 is 22.3 Å². The Bertz CT molecular complexity index is 1210. The van der Waals surface area contributed by atoms with Gasteiger partial charge in [0.05, 0.1) is 18.1 Å². The highest BCUT2D eigenvalue weighted by atomic mass is 32.2. The maximum absolute atomic E-state index is 14.4. The van der Waals surface area contributed by atoms with E-state index in [9.17, 15) is 17.6 Å². The maximum atomic E-state index is 14.4. The van der Waals surface area contributed by atoms with Crippen LogP contribution in [0.5, 0.6) is 0 Å². The van der Waals surface area contributed by atoms with E-state index in [1.807, 2.05) is 0 Å². The number of sulfonamides is 1. The molecule has 1 aliphatic rings. The number of carbonyl (C=O) groups excluding carboxylic acids is 1. The lowest BCUT2D eigenvalue weighted by molar-refractivity contribution is 0.0730. The summed E-state index contributed by atoms with van der Waals surface area (Å²) < 4.78 is 48.1. The predicted molar refractivity (Wildman–Crippen MR) is 110 cm³/mol. The maximum Gasteiger partial charge on any atom is 0.255 e. The lowest BCUT2D eigenvalue weighted by Crippen LogP contribution is -2.40. The number of ether oxygens (including phenoxy) is 1. The number of benzene rings is 2. The van der Waals surface area contributed by atoms with Gasteiger partial charge in [0, 0.05) is 24.3 Å². The van der Waals surface area contributed by atoms with Crippen LogP contribution in [0.25, 0.3) is 5.69 Å². The second-order valence-corrected chi connectivity index (χ2v) is 8.89. The van der Waals surface area contributed by atoms with Crippen LogP contribution in [0.3, 0.4) is 0 Å². The van der Waals surface area contributed by atoms with Gasteiger partial charge in [-0.1, -0.05) is 6.07 Å². The third-order valence-corrected chi connectivity index (χ3v) is 6.83. The molecule has 0 bridgehead atoms. The molecule has 162 valence electrons. The van der Waals surface area contributed by atoms with Crippen molar-refractivity contribution in [2.24, 2.45) is 0 Å². The minimum atomic E-state index is -3.75. The number of hydrogen-bond acceptors (Lipinski definition) is 6. The smallest absolute Gasteiger partial charge is 0.255 e. The molecule has 1 N–H and O–H groups in total. The number of hydrogen-bond donors (Lipinski definition) is 1. The van der Waals surface area contributed by atoms with E-state index in [1.165, 1.54) is 52.0 Å². The van der Waals surface area contributed by atoms with Gasteiger partial charge in [0.2, 0.25) is 10.0 Å². The average molecular weight is 445 g/mol. The quantitative estimate of drug-likeness (QED) is 0.644. The van der Waals surface area contributed by atoms with E-state index < -0.39 is 21.7 Å². The average Bonchev–Trinajstić information content (AvgIpc) is 3.29. The van der Waals surface area contributed by atoms with Crippen molar-refractivity contribution in [1.29, 1.82) is 0 Å². The Morgan fingerprint density at radius 2 is 1.94 bits per heavy atom. The van der Waals surface area contributed by atoms with Gasteiger partial charge in [-0.25, -0.2) is 22.5 Å². The van der Waals surface area contributed by atoms with Crippen LogP contribution in [0.2, 0.25) is 0 Å². The number of halogens is 1. The molecule has 31 heavy (non-hydrogen) atoms. The number of carbonyl (C=O) groups is 1. The van der Waals surface area contributed by atoms with Gasteiger partial charge in [-0.2, -0.15) is 9.40 Å². The van der Waals surface area contributed by atoms with Crippen LogP contribution in [-0.4, -0.2) is 59.7 Å². The summed E-state index contributed by atoms with van der Waals surface area (Å²) in [5.74, 6) is -1.13. The summed E-state index contributed by atoms with van der Waals surface area (Å²) in [4.78, 5) is 16.6. The summed E-state index contributed by atoms with van der Waals surface area (Å²) in [6.07, 6.45) is 2.65. The first kappa shape index (κ1) is 21.1. The van der Waals surface area contributed by atoms with Gasteiger partial charge < -0.3 is 10.1 Å². The van der Waals surface area contributed by atoms with E-state index in [1.54, 1.807) is 13.0 Å². The monoisotopic (exact) mass is 445 g/mol. The van der Waals surface area contributed by atoms with Gasteiger partial charge in [0.25, 0.3) is 5.91 Å². The fourth-order valence-electron chi connectivity index (χ4n) is 3.24. The fourth-order valence-corrected chi connectivity index (χ4v) is 4.68. The first-order valence-electron chi connectivity index (χ1n) is 9.51. The Labute approximate surface area is 178 Å². The highest BCUT2D eigenvalue weighted by Gasteiger charge is 2.27. The highest BCUT2D eigenvalue weighted by Crippen LogP contribution is 2.23. The van der Waals surface area contributed by atoms with Crippen LogP contribution in [0.4, 0.5) is 10.1 Å². The SMILES string of the molecule is Cc1ccc(S(=O)(=O)N2CCOCC2)cc1C(=O)Nc1ccc(-n2cncn2)c(F)c1. The van der Waals surface area contributed by atoms with Crippen molar-refractivity contribution in [3.05, 3.63) is 66.0 Å². The van der Waals surface area contributed by atoms with E-state index in [2.05, 4.69) is 15.4 Å². The van der Waals surface area contributed by atoms with E-state index >= 15 is 0 Å². The molecule has 11 heteroatoms. The molecule has 0 radical (unpaired) electrons. The van der Waals surface area contributed by atoms with Crippen LogP contribution in [0, 0.1) is 12.7 Å². The summed E-state index contributed by atoms with van der Waals surface area (Å²) in [7, 11) is -3.75. The van der Waals surface area contributed by atoms with Gasteiger partial charge in [-0.3, -0.25) is 4.79 Å². The number of aromatic nitrogens is 3. The third kappa shape index (κ3) is 4.33. The number of aryl methyl sites for hydroxylation is 1. The minimum absolute atomic E-state index is 0.0258. The second kappa shape index (κ2) is 8.53. The molecule has 9 nitrogen and oxygen atoms in total. The number of amides is 1. The largest absolute Gasteiger partial charge is 0.379 e. The molecule has 2 heterocycles. The van der Waals surface area contributed by atoms with Gasteiger partial charge in [0.1, 0.15) is 18.3 Å². The molecule has 1 amide bonds. The zero-order chi connectivity index (χ0) is 22.0. The topological polar surface area (TPSA) is 106 Å². The Balaban J connectivity index is 1.57. The molecule has 1 aromatic heterocycles. The van der Waals surface area contributed by atoms with Gasteiger partial charge >= 0.3 is 0 Å². The molecular weight excluding hydrogens is 425 g/mol. The Kier molecular flexibility index (Phi) is 5.81. The van der Waals surface area contributed by atoms with Crippen molar-refractivity contribution in [3.8, 4) is 5.69 Å². The molecule has 0 spiro atoms. The third-order valence-electron chi connectivity index (χ3n) is 4.93. The Morgan fingerprint density at radius 1 is 1.16 bits per heavy atom. The van der Waals surface area contributed by atoms with Gasteiger partial charge in [0.15, 0.2) is 5.82 Å². The van der Waals surface area contributed by atoms with E-state index in [4.69, 9.17) is 4.74 Å². The normalized spacial score (nSPS) is 15.0. The molecule has 0 unspecified atom stereocenters. The summed E-state index contributed by atoms with van der Waals surface area (Å²) in [6.45, 7) is 2.88. The van der Waals surface area contributed by atoms with Crippen molar-refractivity contribution in [3.63, 3.8) is 0 Å². The minimum Gasteiger partial charge on any atom is -0.379 e. The zero-order valence-corrected chi connectivity index (χ0v) is 17.5. The number of morpholine rings is 1. The van der Waals surface area contributed by atoms with Crippen LogP contribution in [-0.2, 0) is 14.8 Å². The lowest BCUT2D eigenvalue weighted by atomic mass is 10.1. The molecule has 4 rings (SSSR count). The molecule has 2 aromatic carbocycles. The zero-order valence-electron chi connectivity index (χ0n) is 16.7. The Morgan fingerprint density at radius 3 is 2.61 bits per heavy atom. The van der Waals surface area contributed by atoms with Gasteiger partial charge in [-0.15, -0.1) is 0 Å². The molecule has 0 atom stereocenters. The van der Waals surface area contributed by atoms with Gasteiger partial charge in [-0.05, 0) is 42.8 Å². The number of nitrogens with zero attached hydrogens (tertiary/aromatic N) is 4. The first-order valence-corrected chi connectivity index (χ1v) is 10.9. The number of anilines is 1. The van der Waals surface area contributed by atoms with Crippen molar-refractivity contribution in [1.82, 2.24) is 19.1 Å². The molecule has 3 aromatic rings. The molecule has 1 fully saturated rings. The summed E-state index contributed by atoms with van der Waals surface area (Å²) >= 11 is 0. The molecule has 0 aliphatic carbocycles. The van der Waals surface area contributed by atoms with Crippen molar-refractivity contribution in [2.75, 3.05) is 31.6 Å². The summed E-state index contributed by atoms with van der Waals surface area (Å²) in [5.41, 5.74) is 1.20. The number of nitrogens with one attached hydrogen (secondary N) is 1. The van der Waals surface area contributed by atoms with E-state index in [-0.39, 0.29) is 34.9 Å². The second-order valence-electron chi connectivity index (χ2n) is 6.95. The lowest BCUT2D eigenvalue weighted by Gasteiger charge is -2.26. The molecular formula is C20H20FN5O4S. The first-order chi connectivity index (χ1) is 14.9. The Hall–Kier alpha value is -3.15. The van der Waals surface area contributed by atoms with Crippen molar-refractivity contribution in [2.45, 2.75) is 11.8 Å². The standard InChI is InChI=1S/C20H20FN5O4S/c1-14-2-4-16(31(28,29)25-6-8-30-9-7-25)11-17(14)20(27)24-15-3-5-19(18(21)10-15)26-13-22-12-23-26/h2-5,10-13H,6-9H2,1H3,(H,24,27). The predicted octanol–water partition coefficient (Wildman–Crippen LogP) is 1.99. The summed E-state index contributed by atoms with van der Waals surface area (Å²) in [5, 5.41) is 6.50. The molecule has 1 saturated heterocycles.